The van der Waals surface area contributed by atoms with E-state index in [1.54, 1.807) is 12.1 Å². The third-order valence-electron chi connectivity index (χ3n) is 2.68. The molecule has 1 aromatic carbocycles. The van der Waals surface area contributed by atoms with E-state index in [1.165, 1.54) is 24.8 Å². The summed E-state index contributed by atoms with van der Waals surface area (Å²) < 4.78 is 0. The Kier molecular flexibility index (Phi) is 4.44. The van der Waals surface area contributed by atoms with Crippen LogP contribution in [0.3, 0.4) is 0 Å². The summed E-state index contributed by atoms with van der Waals surface area (Å²) in [5, 5.41) is 17.3. The number of carboxylic acid groups (broad SMARTS) is 1. The molecule has 5 nitrogen and oxygen atoms in total. The number of hydrogen-bond donors (Lipinski definition) is 1. The predicted octanol–water partition coefficient (Wildman–Crippen LogP) is 2.56. The van der Waals surface area contributed by atoms with Crippen molar-refractivity contribution in [2.45, 2.75) is 25.2 Å². The van der Waals surface area contributed by atoms with Gasteiger partial charge in [-0.25, -0.2) is 0 Å². The Labute approximate surface area is 92.9 Å². The van der Waals surface area contributed by atoms with E-state index < -0.39 is 0 Å². The summed E-state index contributed by atoms with van der Waals surface area (Å²) in [6.07, 6.45) is 3.76. The molecule has 0 aliphatic heterocycles. The molecule has 2 rings (SSSR count). The first-order chi connectivity index (χ1) is 7.69. The Bertz CT molecular complexity index is 357. The first kappa shape index (κ1) is 12.2. The molecule has 86 valence electrons. The molecule has 1 N–H and O–H groups in total. The SMILES string of the molecule is O=CO.O=[N+]([O-])c1ccc(C2CCC2)cc1. The first-order valence-electron chi connectivity index (χ1n) is 5.01. The molecule has 1 aliphatic rings. The highest BCUT2D eigenvalue weighted by Crippen LogP contribution is 2.36. The van der Waals surface area contributed by atoms with Crippen LogP contribution in [-0.4, -0.2) is 16.5 Å². The van der Waals surface area contributed by atoms with Crippen LogP contribution in [0.1, 0.15) is 30.7 Å². The van der Waals surface area contributed by atoms with Crippen LogP contribution >= 0.6 is 0 Å². The molecule has 0 heterocycles. The van der Waals surface area contributed by atoms with Crippen LogP contribution in [0.15, 0.2) is 24.3 Å². The standard InChI is InChI=1S/C10H11NO2.CH2O2/c12-11(13)10-6-4-9(5-7-10)8-2-1-3-8;2-1-3/h4-8H,1-3H2;1H,(H,2,3). The number of benzene rings is 1. The first-order valence-corrected chi connectivity index (χ1v) is 5.01. The third-order valence-corrected chi connectivity index (χ3v) is 2.68. The summed E-state index contributed by atoms with van der Waals surface area (Å²) in [6.45, 7) is -0.250. The molecule has 1 fully saturated rings. The van der Waals surface area contributed by atoms with Crippen molar-refractivity contribution >= 4 is 12.2 Å². The quantitative estimate of drug-likeness (QED) is 0.474. The van der Waals surface area contributed by atoms with E-state index in [0.29, 0.717) is 5.92 Å². The average Bonchev–Trinajstić information content (AvgIpc) is 2.17. The molecule has 0 saturated heterocycles. The highest BCUT2D eigenvalue weighted by Gasteiger charge is 2.19. The number of nitro groups is 1. The van der Waals surface area contributed by atoms with Gasteiger partial charge in [0.05, 0.1) is 4.92 Å². The molecule has 0 aromatic heterocycles. The predicted molar refractivity (Wildman–Crippen MR) is 58.4 cm³/mol. The maximum absolute atomic E-state index is 10.4. The Morgan fingerprint density at radius 3 is 2.12 bits per heavy atom. The Balaban J connectivity index is 0.000000386. The van der Waals surface area contributed by atoms with Gasteiger partial charge in [-0.3, -0.25) is 14.9 Å². The number of hydrogen-bond acceptors (Lipinski definition) is 3. The zero-order valence-corrected chi connectivity index (χ0v) is 8.70. The van der Waals surface area contributed by atoms with Gasteiger partial charge in [0.2, 0.25) is 0 Å². The minimum absolute atomic E-state index is 0.183. The lowest BCUT2D eigenvalue weighted by Crippen LogP contribution is -2.08. The third kappa shape index (κ3) is 3.05. The smallest absolute Gasteiger partial charge is 0.290 e. The lowest BCUT2D eigenvalue weighted by Gasteiger charge is -2.25. The summed E-state index contributed by atoms with van der Waals surface area (Å²) in [7, 11) is 0. The van der Waals surface area contributed by atoms with Crippen molar-refractivity contribution in [2.24, 2.45) is 0 Å². The fourth-order valence-electron chi connectivity index (χ4n) is 1.61. The van der Waals surface area contributed by atoms with Gasteiger partial charge in [0, 0.05) is 12.1 Å². The van der Waals surface area contributed by atoms with Crippen LogP contribution in [0.5, 0.6) is 0 Å². The number of carbonyl (C=O) groups is 1. The van der Waals surface area contributed by atoms with Crippen molar-refractivity contribution in [3.8, 4) is 0 Å². The maximum Gasteiger partial charge on any atom is 0.290 e. The van der Waals surface area contributed by atoms with Gasteiger partial charge in [0.1, 0.15) is 0 Å². The van der Waals surface area contributed by atoms with E-state index in [2.05, 4.69) is 0 Å². The minimum atomic E-state index is -0.357. The molecule has 1 saturated carbocycles. The van der Waals surface area contributed by atoms with Crippen LogP contribution in [0.2, 0.25) is 0 Å². The van der Waals surface area contributed by atoms with Crippen molar-refractivity contribution in [1.82, 2.24) is 0 Å². The second-order valence-corrected chi connectivity index (χ2v) is 3.58. The van der Waals surface area contributed by atoms with E-state index in [0.717, 1.165) is 0 Å². The Hall–Kier alpha value is -1.91. The molecule has 5 heteroatoms. The zero-order valence-electron chi connectivity index (χ0n) is 8.70. The maximum atomic E-state index is 10.4. The lowest BCUT2D eigenvalue weighted by molar-refractivity contribution is -0.384. The van der Waals surface area contributed by atoms with Crippen molar-refractivity contribution in [3.63, 3.8) is 0 Å². The largest absolute Gasteiger partial charge is 0.483 e. The summed E-state index contributed by atoms with van der Waals surface area (Å²) in [5.74, 6) is 0.654. The number of rotatable bonds is 2. The van der Waals surface area contributed by atoms with Crippen LogP contribution in [0.4, 0.5) is 5.69 Å². The molecular weight excluding hydrogens is 210 g/mol. The van der Waals surface area contributed by atoms with Gasteiger partial charge in [-0.1, -0.05) is 18.6 Å². The van der Waals surface area contributed by atoms with E-state index in [-0.39, 0.29) is 17.1 Å². The van der Waals surface area contributed by atoms with Crippen molar-refractivity contribution in [3.05, 3.63) is 39.9 Å². The van der Waals surface area contributed by atoms with E-state index in [1.807, 2.05) is 12.1 Å². The van der Waals surface area contributed by atoms with Gasteiger partial charge in [-0.2, -0.15) is 0 Å². The monoisotopic (exact) mass is 223 g/mol. The molecule has 0 spiro atoms. The van der Waals surface area contributed by atoms with Gasteiger partial charge in [-0.15, -0.1) is 0 Å². The number of non-ortho nitro benzene ring substituents is 1. The van der Waals surface area contributed by atoms with E-state index >= 15 is 0 Å². The normalized spacial score (nSPS) is 14.2. The van der Waals surface area contributed by atoms with Crippen LogP contribution in [0, 0.1) is 10.1 Å². The highest BCUT2D eigenvalue weighted by atomic mass is 16.6. The molecule has 1 aromatic rings. The van der Waals surface area contributed by atoms with Gasteiger partial charge >= 0.3 is 0 Å². The summed E-state index contributed by atoms with van der Waals surface area (Å²) in [5.41, 5.74) is 1.43. The van der Waals surface area contributed by atoms with Gasteiger partial charge in [-0.05, 0) is 24.3 Å². The van der Waals surface area contributed by atoms with Gasteiger partial charge in [0.25, 0.3) is 12.2 Å². The van der Waals surface area contributed by atoms with E-state index in [4.69, 9.17) is 9.90 Å². The van der Waals surface area contributed by atoms with Crippen LogP contribution < -0.4 is 0 Å². The van der Waals surface area contributed by atoms with Gasteiger partial charge in [0.15, 0.2) is 0 Å². The molecule has 1 aliphatic carbocycles. The Morgan fingerprint density at radius 2 is 1.81 bits per heavy atom. The van der Waals surface area contributed by atoms with E-state index in [9.17, 15) is 10.1 Å². The molecular formula is C11H13NO4. The van der Waals surface area contributed by atoms with Crippen molar-refractivity contribution in [1.29, 1.82) is 0 Å². The minimum Gasteiger partial charge on any atom is -0.483 e. The molecule has 0 amide bonds. The molecule has 0 radical (unpaired) electrons. The average molecular weight is 223 g/mol. The summed E-state index contributed by atoms with van der Waals surface area (Å²) in [4.78, 5) is 18.4. The van der Waals surface area contributed by atoms with Crippen molar-refractivity contribution < 1.29 is 14.8 Å². The van der Waals surface area contributed by atoms with Crippen molar-refractivity contribution in [2.75, 3.05) is 0 Å². The molecule has 16 heavy (non-hydrogen) atoms. The van der Waals surface area contributed by atoms with Crippen LogP contribution in [0.25, 0.3) is 0 Å². The van der Waals surface area contributed by atoms with Gasteiger partial charge < -0.3 is 5.11 Å². The number of nitrogens with zero attached hydrogens (tertiary/aromatic N) is 1. The summed E-state index contributed by atoms with van der Waals surface area (Å²) in [6, 6.07) is 6.94. The lowest BCUT2D eigenvalue weighted by atomic mass is 9.80. The fourth-order valence-corrected chi connectivity index (χ4v) is 1.61. The molecule has 0 atom stereocenters. The highest BCUT2D eigenvalue weighted by molar-refractivity contribution is 5.34. The fraction of sp³-hybridized carbons (Fsp3) is 0.364. The second kappa shape index (κ2) is 5.85. The summed E-state index contributed by atoms with van der Waals surface area (Å²) >= 11 is 0. The molecule has 0 bridgehead atoms. The molecule has 0 unspecified atom stereocenters. The van der Waals surface area contributed by atoms with Crippen LogP contribution in [-0.2, 0) is 4.79 Å². The second-order valence-electron chi connectivity index (χ2n) is 3.58. The zero-order chi connectivity index (χ0) is 12.0. The number of nitro benzene ring substituents is 1. The topological polar surface area (TPSA) is 80.4 Å². The Morgan fingerprint density at radius 1 is 1.31 bits per heavy atom.